The average Bonchev–Trinajstić information content (AvgIpc) is 2.87. The molecule has 7 nitrogen and oxygen atoms in total. The zero-order chi connectivity index (χ0) is 19.9. The van der Waals surface area contributed by atoms with Crippen molar-refractivity contribution in [2.75, 3.05) is 26.9 Å². The predicted molar refractivity (Wildman–Crippen MR) is 104 cm³/mol. The van der Waals surface area contributed by atoms with Gasteiger partial charge in [0.1, 0.15) is 12.4 Å². The summed E-state index contributed by atoms with van der Waals surface area (Å²) in [4.78, 5) is 31.1. The average molecular weight is 383 g/mol. The lowest BCUT2D eigenvalue weighted by atomic mass is 10.1. The Balaban J connectivity index is 1.75. The molecule has 7 heteroatoms. The van der Waals surface area contributed by atoms with Crippen LogP contribution in [0.3, 0.4) is 0 Å². The van der Waals surface area contributed by atoms with Crippen molar-refractivity contribution < 1.29 is 19.1 Å². The molecule has 28 heavy (non-hydrogen) atoms. The molecule has 2 aromatic rings. The van der Waals surface area contributed by atoms with Crippen LogP contribution in [0, 0.1) is 0 Å². The highest BCUT2D eigenvalue weighted by atomic mass is 16.5. The van der Waals surface area contributed by atoms with E-state index in [4.69, 9.17) is 9.47 Å². The molecule has 1 atom stereocenters. The van der Waals surface area contributed by atoms with Gasteiger partial charge in [0.15, 0.2) is 0 Å². The number of amides is 2. The van der Waals surface area contributed by atoms with E-state index >= 15 is 0 Å². The van der Waals surface area contributed by atoms with E-state index in [0.717, 1.165) is 11.1 Å². The van der Waals surface area contributed by atoms with E-state index in [1.807, 2.05) is 19.1 Å². The third-order valence-corrected chi connectivity index (χ3v) is 4.67. The number of benzene rings is 1. The Morgan fingerprint density at radius 3 is 2.96 bits per heavy atom. The molecule has 0 radical (unpaired) electrons. The van der Waals surface area contributed by atoms with Crippen LogP contribution in [0.4, 0.5) is 0 Å². The maximum Gasteiger partial charge on any atom is 0.251 e. The minimum atomic E-state index is -0.176. The number of hydrogen-bond donors (Lipinski definition) is 1. The van der Waals surface area contributed by atoms with Gasteiger partial charge in [0.2, 0.25) is 5.91 Å². The van der Waals surface area contributed by atoms with Crippen LogP contribution in [0.2, 0.25) is 0 Å². The lowest BCUT2D eigenvalue weighted by Gasteiger charge is -2.26. The van der Waals surface area contributed by atoms with Crippen LogP contribution < -0.4 is 10.1 Å². The minimum absolute atomic E-state index is 0.00639. The van der Waals surface area contributed by atoms with Crippen molar-refractivity contribution in [3.63, 3.8) is 0 Å². The van der Waals surface area contributed by atoms with Gasteiger partial charge in [-0.2, -0.15) is 0 Å². The first-order chi connectivity index (χ1) is 13.6. The van der Waals surface area contributed by atoms with Crippen molar-refractivity contribution in [1.29, 1.82) is 0 Å². The lowest BCUT2D eigenvalue weighted by molar-refractivity contribution is -0.133. The molecule has 0 bridgehead atoms. The largest absolute Gasteiger partial charge is 0.491 e. The van der Waals surface area contributed by atoms with E-state index in [-0.39, 0.29) is 24.3 Å². The summed E-state index contributed by atoms with van der Waals surface area (Å²) in [5.74, 6) is 0.536. The number of rotatable bonds is 6. The maximum absolute atomic E-state index is 12.9. The lowest BCUT2D eigenvalue weighted by Crippen LogP contribution is -2.40. The molecular formula is C21H25N3O4. The molecule has 0 fully saturated rings. The number of pyridine rings is 1. The second-order valence-corrected chi connectivity index (χ2v) is 6.79. The van der Waals surface area contributed by atoms with E-state index in [9.17, 15) is 9.59 Å². The van der Waals surface area contributed by atoms with Crippen molar-refractivity contribution in [3.05, 3.63) is 59.4 Å². The second kappa shape index (κ2) is 9.32. The SMILES string of the molecule is COCCNC(=O)c1ccc2c(c1)CN(C(=O)Cc1cccnc1)[C@@H](C)CO2. The third kappa shape index (κ3) is 4.86. The van der Waals surface area contributed by atoms with E-state index in [0.29, 0.717) is 37.6 Å². The smallest absolute Gasteiger partial charge is 0.251 e. The Hall–Kier alpha value is -2.93. The summed E-state index contributed by atoms with van der Waals surface area (Å²) in [6.07, 6.45) is 3.67. The number of aromatic nitrogens is 1. The number of carbonyl (C=O) groups excluding carboxylic acids is 2. The van der Waals surface area contributed by atoms with Crippen molar-refractivity contribution in [2.45, 2.75) is 25.9 Å². The molecule has 0 saturated carbocycles. The zero-order valence-corrected chi connectivity index (χ0v) is 16.2. The Kier molecular flexibility index (Phi) is 6.60. The molecule has 1 aromatic heterocycles. The highest BCUT2D eigenvalue weighted by molar-refractivity contribution is 5.94. The number of nitrogens with one attached hydrogen (secondary N) is 1. The van der Waals surface area contributed by atoms with Crippen LogP contribution in [0.1, 0.15) is 28.4 Å². The quantitative estimate of drug-likeness (QED) is 0.770. The summed E-state index contributed by atoms with van der Waals surface area (Å²) in [5.41, 5.74) is 2.23. The van der Waals surface area contributed by atoms with E-state index < -0.39 is 0 Å². The number of hydrogen-bond acceptors (Lipinski definition) is 5. The van der Waals surface area contributed by atoms with Gasteiger partial charge in [0.05, 0.1) is 19.1 Å². The molecule has 0 aliphatic carbocycles. The Morgan fingerprint density at radius 1 is 1.36 bits per heavy atom. The molecule has 2 amide bonds. The fourth-order valence-corrected chi connectivity index (χ4v) is 3.11. The fourth-order valence-electron chi connectivity index (χ4n) is 3.11. The molecule has 1 aliphatic rings. The summed E-state index contributed by atoms with van der Waals surface area (Å²) in [5, 5.41) is 2.81. The van der Waals surface area contributed by atoms with Crippen LogP contribution in [0.25, 0.3) is 0 Å². The van der Waals surface area contributed by atoms with Crippen LogP contribution in [-0.2, 0) is 22.5 Å². The van der Waals surface area contributed by atoms with Gasteiger partial charge in [-0.3, -0.25) is 14.6 Å². The summed E-state index contributed by atoms with van der Waals surface area (Å²) in [7, 11) is 1.59. The Morgan fingerprint density at radius 2 is 2.21 bits per heavy atom. The van der Waals surface area contributed by atoms with Gasteiger partial charge < -0.3 is 19.7 Å². The first kappa shape index (κ1) is 19.8. The second-order valence-electron chi connectivity index (χ2n) is 6.79. The molecule has 0 unspecified atom stereocenters. The minimum Gasteiger partial charge on any atom is -0.491 e. The van der Waals surface area contributed by atoms with Gasteiger partial charge in [-0.05, 0) is 36.8 Å². The molecule has 1 aliphatic heterocycles. The molecule has 148 valence electrons. The van der Waals surface area contributed by atoms with Crippen LogP contribution in [-0.4, -0.2) is 54.6 Å². The molecular weight excluding hydrogens is 358 g/mol. The van der Waals surface area contributed by atoms with Crippen LogP contribution in [0.5, 0.6) is 5.75 Å². The van der Waals surface area contributed by atoms with Gasteiger partial charge in [0.25, 0.3) is 5.91 Å². The van der Waals surface area contributed by atoms with Crippen LogP contribution >= 0.6 is 0 Å². The Bertz CT molecular complexity index is 826. The van der Waals surface area contributed by atoms with Gasteiger partial charge in [-0.1, -0.05) is 6.07 Å². The highest BCUT2D eigenvalue weighted by Gasteiger charge is 2.26. The fraction of sp³-hybridized carbons (Fsp3) is 0.381. The summed E-state index contributed by atoms with van der Waals surface area (Å²) < 4.78 is 10.8. The van der Waals surface area contributed by atoms with Crippen LogP contribution in [0.15, 0.2) is 42.7 Å². The third-order valence-electron chi connectivity index (χ3n) is 4.67. The topological polar surface area (TPSA) is 80.8 Å². The molecule has 0 saturated heterocycles. The van der Waals surface area contributed by atoms with Gasteiger partial charge in [-0.15, -0.1) is 0 Å². The van der Waals surface area contributed by atoms with Crippen molar-refractivity contribution in [3.8, 4) is 5.75 Å². The molecule has 3 rings (SSSR count). The normalized spacial score (nSPS) is 15.9. The maximum atomic E-state index is 12.9. The molecule has 1 N–H and O–H groups in total. The van der Waals surface area contributed by atoms with Gasteiger partial charge >= 0.3 is 0 Å². The van der Waals surface area contributed by atoms with Crippen molar-refractivity contribution >= 4 is 11.8 Å². The monoisotopic (exact) mass is 383 g/mol. The zero-order valence-electron chi connectivity index (χ0n) is 16.2. The van der Waals surface area contributed by atoms with E-state index in [1.165, 1.54) is 0 Å². The number of carbonyl (C=O) groups is 2. The Labute approximate surface area is 164 Å². The van der Waals surface area contributed by atoms with E-state index in [2.05, 4.69) is 10.3 Å². The standard InChI is InChI=1S/C21H25N3O4/c1-15-14-28-19-6-5-17(21(26)23-8-9-27-2)11-18(19)13-24(15)20(25)10-16-4-3-7-22-12-16/h3-7,11-12,15H,8-10,13-14H2,1-2H3,(H,23,26)/t15-/m0/s1. The van der Waals surface area contributed by atoms with Crippen molar-refractivity contribution in [2.24, 2.45) is 0 Å². The molecule has 0 spiro atoms. The number of fused-ring (bicyclic) bond motifs is 1. The first-order valence-corrected chi connectivity index (χ1v) is 9.29. The summed E-state index contributed by atoms with van der Waals surface area (Å²) in [6, 6.07) is 8.96. The van der Waals surface area contributed by atoms with Gasteiger partial charge in [0, 0.05) is 43.7 Å². The van der Waals surface area contributed by atoms with Gasteiger partial charge in [-0.25, -0.2) is 0 Å². The number of ether oxygens (including phenoxy) is 2. The molecule has 1 aromatic carbocycles. The molecule has 2 heterocycles. The van der Waals surface area contributed by atoms with E-state index in [1.54, 1.807) is 42.6 Å². The van der Waals surface area contributed by atoms with Crippen molar-refractivity contribution in [1.82, 2.24) is 15.2 Å². The highest BCUT2D eigenvalue weighted by Crippen LogP contribution is 2.27. The number of nitrogens with zero attached hydrogens (tertiary/aromatic N) is 2. The summed E-state index contributed by atoms with van der Waals surface area (Å²) in [6.45, 7) is 3.66. The summed E-state index contributed by atoms with van der Waals surface area (Å²) >= 11 is 0. The first-order valence-electron chi connectivity index (χ1n) is 9.29. The number of methoxy groups -OCH3 is 1. The predicted octanol–water partition coefficient (Wildman–Crippen LogP) is 1.81.